The maximum absolute atomic E-state index is 11.5. The van der Waals surface area contributed by atoms with Gasteiger partial charge in [-0.25, -0.2) is 9.13 Å². The van der Waals surface area contributed by atoms with Gasteiger partial charge in [0.2, 0.25) is 0 Å². The molecule has 0 N–H and O–H groups in total. The normalized spacial score (nSPS) is 13.3. The third-order valence-corrected chi connectivity index (χ3v) is 4.48. The molecule has 2 aromatic rings. The molecule has 0 saturated carbocycles. The van der Waals surface area contributed by atoms with Crippen molar-refractivity contribution in [2.24, 2.45) is 0 Å². The molecule has 126 valence electrons. The molecule has 0 aliphatic heterocycles. The van der Waals surface area contributed by atoms with Crippen molar-refractivity contribution < 1.29 is 18.7 Å². The number of hydrogen-bond acceptors (Lipinski definition) is 2. The maximum atomic E-state index is 11.5. The molecular formula is C20H26N2O2+2. The van der Waals surface area contributed by atoms with Crippen LogP contribution in [0.2, 0.25) is 0 Å². The number of pyridine rings is 2. The number of carbonyl (C=O) groups is 2. The van der Waals surface area contributed by atoms with Gasteiger partial charge in [0.1, 0.15) is 0 Å². The van der Waals surface area contributed by atoms with E-state index in [1.54, 1.807) is 13.8 Å². The number of aromatic nitrogens is 2. The fourth-order valence-electron chi connectivity index (χ4n) is 2.73. The highest BCUT2D eigenvalue weighted by molar-refractivity contribution is 5.93. The van der Waals surface area contributed by atoms with Crippen LogP contribution in [-0.4, -0.2) is 11.6 Å². The third kappa shape index (κ3) is 4.57. The molecule has 0 fully saturated rings. The van der Waals surface area contributed by atoms with Gasteiger partial charge in [-0.1, -0.05) is 0 Å². The summed E-state index contributed by atoms with van der Waals surface area (Å²) in [5.41, 5.74) is 1.47. The molecule has 2 atom stereocenters. The molecule has 2 rings (SSSR count). The van der Waals surface area contributed by atoms with Crippen molar-refractivity contribution >= 4 is 11.6 Å². The van der Waals surface area contributed by atoms with Crippen LogP contribution in [0.3, 0.4) is 0 Å². The Kier molecular flexibility index (Phi) is 5.96. The molecule has 0 spiro atoms. The summed E-state index contributed by atoms with van der Waals surface area (Å²) >= 11 is 0. The van der Waals surface area contributed by atoms with Crippen molar-refractivity contribution in [3.8, 4) is 0 Å². The number of Topliss-reactive ketones (excluding diaryl/α,β-unsaturated/α-hetero) is 2. The van der Waals surface area contributed by atoms with Gasteiger partial charge in [0.15, 0.2) is 48.4 Å². The molecule has 2 aromatic heterocycles. The van der Waals surface area contributed by atoms with E-state index in [4.69, 9.17) is 0 Å². The van der Waals surface area contributed by atoms with Crippen molar-refractivity contribution in [1.82, 2.24) is 0 Å². The summed E-state index contributed by atoms with van der Waals surface area (Å²) < 4.78 is 4.19. The Morgan fingerprint density at radius 3 is 1.54 bits per heavy atom. The average molecular weight is 326 g/mol. The summed E-state index contributed by atoms with van der Waals surface area (Å²) in [6, 6.07) is 8.14. The van der Waals surface area contributed by atoms with Crippen LogP contribution in [0.5, 0.6) is 0 Å². The summed E-state index contributed by atoms with van der Waals surface area (Å²) in [5, 5.41) is 0. The second-order valence-corrected chi connectivity index (χ2v) is 6.47. The van der Waals surface area contributed by atoms with Crippen molar-refractivity contribution in [3.05, 3.63) is 60.2 Å². The lowest BCUT2D eigenvalue weighted by atomic mass is 10.1. The first-order chi connectivity index (χ1) is 11.4. The number of rotatable bonds is 7. The SMILES string of the molecule is CC(=O)c1ccc[n+]([C@H](C)CC[C@@H](C)[n+]2cccc(C(C)=O)c2)c1. The second kappa shape index (κ2) is 7.95. The summed E-state index contributed by atoms with van der Waals surface area (Å²) in [4.78, 5) is 23.0. The van der Waals surface area contributed by atoms with Gasteiger partial charge < -0.3 is 0 Å². The van der Waals surface area contributed by atoms with Crippen LogP contribution in [0.25, 0.3) is 0 Å². The fourth-order valence-corrected chi connectivity index (χ4v) is 2.73. The second-order valence-electron chi connectivity index (χ2n) is 6.47. The van der Waals surface area contributed by atoms with Gasteiger partial charge in [0, 0.05) is 25.0 Å². The molecule has 4 heteroatoms. The van der Waals surface area contributed by atoms with Crippen LogP contribution < -0.4 is 9.13 Å². The minimum Gasteiger partial charge on any atom is -0.294 e. The van der Waals surface area contributed by atoms with E-state index < -0.39 is 0 Å². The van der Waals surface area contributed by atoms with Crippen LogP contribution in [-0.2, 0) is 0 Å². The number of carbonyl (C=O) groups excluding carboxylic acids is 2. The van der Waals surface area contributed by atoms with Crippen LogP contribution >= 0.6 is 0 Å². The number of ketones is 2. The van der Waals surface area contributed by atoms with Gasteiger partial charge in [-0.05, 0) is 39.8 Å². The van der Waals surface area contributed by atoms with E-state index in [1.165, 1.54) is 0 Å². The Bertz CT molecular complexity index is 676. The van der Waals surface area contributed by atoms with Gasteiger partial charge in [0.05, 0.1) is 11.1 Å². The van der Waals surface area contributed by atoms with Gasteiger partial charge in [0.25, 0.3) is 0 Å². The van der Waals surface area contributed by atoms with Crippen molar-refractivity contribution in [3.63, 3.8) is 0 Å². The fraction of sp³-hybridized carbons (Fsp3) is 0.400. The molecule has 24 heavy (non-hydrogen) atoms. The Labute approximate surface area is 143 Å². The van der Waals surface area contributed by atoms with E-state index in [-0.39, 0.29) is 11.6 Å². The molecule has 0 bridgehead atoms. The Balaban J connectivity index is 2.02. The van der Waals surface area contributed by atoms with Crippen LogP contribution in [0.4, 0.5) is 0 Å². The predicted octanol–water partition coefficient (Wildman–Crippen LogP) is 3.27. The molecule has 0 saturated heterocycles. The Morgan fingerprint density at radius 1 is 0.833 bits per heavy atom. The van der Waals surface area contributed by atoms with Gasteiger partial charge in [-0.2, -0.15) is 0 Å². The zero-order chi connectivity index (χ0) is 17.7. The van der Waals surface area contributed by atoms with E-state index >= 15 is 0 Å². The first kappa shape index (κ1) is 18.0. The quantitative estimate of drug-likeness (QED) is 0.579. The number of hydrogen-bond donors (Lipinski definition) is 0. The molecule has 0 aliphatic rings. The summed E-state index contributed by atoms with van der Waals surface area (Å²) in [6.45, 7) is 7.50. The molecule has 0 radical (unpaired) electrons. The topological polar surface area (TPSA) is 41.9 Å². The van der Waals surface area contributed by atoms with E-state index in [0.717, 1.165) is 24.0 Å². The highest BCUT2D eigenvalue weighted by atomic mass is 16.1. The standard InChI is InChI=1S/C20H26N2O2/c1-15(21-11-5-7-19(13-21)17(3)23)9-10-16(2)22-12-6-8-20(14-22)18(4)24/h5-8,11-16H,9-10H2,1-4H3/q+2/t15-,16-/m1/s1. The smallest absolute Gasteiger partial charge is 0.179 e. The maximum Gasteiger partial charge on any atom is 0.179 e. The molecule has 0 amide bonds. The zero-order valence-corrected chi connectivity index (χ0v) is 14.9. The lowest BCUT2D eigenvalue weighted by Gasteiger charge is -2.11. The monoisotopic (exact) mass is 326 g/mol. The molecule has 4 nitrogen and oxygen atoms in total. The molecular weight excluding hydrogens is 300 g/mol. The van der Waals surface area contributed by atoms with Crippen LogP contribution in [0, 0.1) is 0 Å². The summed E-state index contributed by atoms with van der Waals surface area (Å²) in [6.07, 6.45) is 9.83. The third-order valence-electron chi connectivity index (χ3n) is 4.48. The Hall–Kier alpha value is -2.36. The minimum atomic E-state index is 0.0847. The molecule has 0 unspecified atom stereocenters. The van der Waals surface area contributed by atoms with Gasteiger partial charge >= 0.3 is 0 Å². The largest absolute Gasteiger partial charge is 0.294 e. The van der Waals surface area contributed by atoms with Gasteiger partial charge in [-0.3, -0.25) is 9.59 Å². The van der Waals surface area contributed by atoms with Crippen molar-refractivity contribution in [2.45, 2.75) is 52.6 Å². The summed E-state index contributed by atoms with van der Waals surface area (Å²) in [7, 11) is 0. The van der Waals surface area contributed by atoms with E-state index in [2.05, 4.69) is 23.0 Å². The van der Waals surface area contributed by atoms with Gasteiger partial charge in [-0.15, -0.1) is 0 Å². The average Bonchev–Trinajstić information content (AvgIpc) is 2.59. The predicted molar refractivity (Wildman–Crippen MR) is 91.9 cm³/mol. The number of nitrogens with zero attached hydrogens (tertiary/aromatic N) is 2. The van der Waals surface area contributed by atoms with E-state index in [9.17, 15) is 9.59 Å². The minimum absolute atomic E-state index is 0.0847. The van der Waals surface area contributed by atoms with Crippen molar-refractivity contribution in [2.75, 3.05) is 0 Å². The first-order valence-corrected chi connectivity index (χ1v) is 8.42. The van der Waals surface area contributed by atoms with Crippen LogP contribution in [0.15, 0.2) is 49.1 Å². The highest BCUT2D eigenvalue weighted by Crippen LogP contribution is 2.13. The van der Waals surface area contributed by atoms with E-state index in [0.29, 0.717) is 12.1 Å². The van der Waals surface area contributed by atoms with Crippen LogP contribution in [0.1, 0.15) is 73.3 Å². The van der Waals surface area contributed by atoms with E-state index in [1.807, 2.05) is 49.1 Å². The molecule has 0 aliphatic carbocycles. The lowest BCUT2D eigenvalue weighted by Crippen LogP contribution is -2.41. The Morgan fingerprint density at radius 2 is 1.21 bits per heavy atom. The van der Waals surface area contributed by atoms with Crippen molar-refractivity contribution in [1.29, 1.82) is 0 Å². The summed E-state index contributed by atoms with van der Waals surface area (Å²) in [5.74, 6) is 0.169. The highest BCUT2D eigenvalue weighted by Gasteiger charge is 2.19. The molecule has 2 heterocycles. The first-order valence-electron chi connectivity index (χ1n) is 8.42. The zero-order valence-electron chi connectivity index (χ0n) is 14.9. The molecule has 0 aromatic carbocycles. The lowest BCUT2D eigenvalue weighted by molar-refractivity contribution is -0.732.